The van der Waals surface area contributed by atoms with Gasteiger partial charge in [-0.15, -0.1) is 0 Å². The number of amides is 1. The van der Waals surface area contributed by atoms with Crippen LogP contribution in [0, 0.1) is 10.1 Å². The quantitative estimate of drug-likeness (QED) is 0.588. The molecule has 0 heterocycles. The van der Waals surface area contributed by atoms with E-state index in [1.54, 1.807) is 18.2 Å². The molecule has 2 aromatic carbocycles. The largest absolute Gasteiger partial charge is 0.352 e. The smallest absolute Gasteiger partial charge is 0.271 e. The summed E-state index contributed by atoms with van der Waals surface area (Å²) in [4.78, 5) is 22.6. The molecular formula is C17H17N3O5S. The van der Waals surface area contributed by atoms with Crippen LogP contribution in [-0.2, 0) is 14.8 Å². The van der Waals surface area contributed by atoms with Crippen molar-refractivity contribution in [3.8, 4) is 0 Å². The van der Waals surface area contributed by atoms with Crippen molar-refractivity contribution in [2.45, 2.75) is 23.8 Å². The van der Waals surface area contributed by atoms with Crippen molar-refractivity contribution < 1.29 is 18.1 Å². The highest BCUT2D eigenvalue weighted by molar-refractivity contribution is 7.92. The number of benzene rings is 2. The topological polar surface area (TPSA) is 110 Å². The van der Waals surface area contributed by atoms with E-state index < -0.39 is 27.4 Å². The maximum atomic E-state index is 13.0. The molecule has 1 aliphatic rings. The molecular weight excluding hydrogens is 358 g/mol. The lowest BCUT2D eigenvalue weighted by atomic mass is 10.3. The summed E-state index contributed by atoms with van der Waals surface area (Å²) in [7, 11) is -4.06. The number of nitrogens with one attached hydrogen (secondary N) is 1. The van der Waals surface area contributed by atoms with Crippen LogP contribution in [0.5, 0.6) is 0 Å². The van der Waals surface area contributed by atoms with Gasteiger partial charge in [-0.2, -0.15) is 0 Å². The lowest BCUT2D eigenvalue weighted by Crippen LogP contribution is -2.41. The van der Waals surface area contributed by atoms with E-state index in [9.17, 15) is 23.3 Å². The van der Waals surface area contributed by atoms with Crippen LogP contribution in [0.25, 0.3) is 0 Å². The number of hydrogen-bond acceptors (Lipinski definition) is 5. The molecule has 3 rings (SSSR count). The summed E-state index contributed by atoms with van der Waals surface area (Å²) in [5, 5.41) is 13.8. The second-order valence-corrected chi connectivity index (χ2v) is 7.81. The van der Waals surface area contributed by atoms with Crippen molar-refractivity contribution >= 4 is 27.3 Å². The molecule has 0 spiro atoms. The Morgan fingerprint density at radius 1 is 1.15 bits per heavy atom. The average molecular weight is 375 g/mol. The predicted molar refractivity (Wildman–Crippen MR) is 95.2 cm³/mol. The van der Waals surface area contributed by atoms with Gasteiger partial charge in [-0.1, -0.05) is 24.3 Å². The monoisotopic (exact) mass is 375 g/mol. The number of anilines is 1. The predicted octanol–water partition coefficient (Wildman–Crippen LogP) is 2.07. The third-order valence-corrected chi connectivity index (χ3v) is 5.68. The Balaban J connectivity index is 1.99. The van der Waals surface area contributed by atoms with Crippen LogP contribution in [-0.4, -0.2) is 31.8 Å². The highest BCUT2D eigenvalue weighted by atomic mass is 32.2. The molecule has 0 saturated heterocycles. The third-order valence-electron chi connectivity index (χ3n) is 3.89. The van der Waals surface area contributed by atoms with E-state index >= 15 is 0 Å². The van der Waals surface area contributed by atoms with Crippen LogP contribution in [0.4, 0.5) is 11.4 Å². The van der Waals surface area contributed by atoms with Gasteiger partial charge >= 0.3 is 0 Å². The van der Waals surface area contributed by atoms with Gasteiger partial charge in [0.05, 0.1) is 15.5 Å². The van der Waals surface area contributed by atoms with Crippen LogP contribution in [0.1, 0.15) is 12.8 Å². The fourth-order valence-electron chi connectivity index (χ4n) is 2.43. The number of nitrogens with zero attached hydrogens (tertiary/aromatic N) is 2. The third kappa shape index (κ3) is 3.99. The Labute approximate surface area is 150 Å². The van der Waals surface area contributed by atoms with Crippen LogP contribution in [0.3, 0.4) is 0 Å². The van der Waals surface area contributed by atoms with Gasteiger partial charge in [0.1, 0.15) is 6.54 Å². The van der Waals surface area contributed by atoms with Crippen molar-refractivity contribution in [2.75, 3.05) is 10.8 Å². The highest BCUT2D eigenvalue weighted by Gasteiger charge is 2.30. The average Bonchev–Trinajstić information content (AvgIpc) is 3.44. The number of sulfonamides is 1. The van der Waals surface area contributed by atoms with Crippen molar-refractivity contribution in [3.05, 3.63) is 64.7 Å². The molecule has 0 aromatic heterocycles. The fraction of sp³-hybridized carbons (Fsp3) is 0.235. The second kappa shape index (κ2) is 7.12. The number of nitro benzene ring substituents is 1. The standard InChI is InChI=1S/C17H17N3O5S/c21-17(18-13-9-10-13)12-19(14-5-4-6-15(11-14)20(22)23)26(24,25)16-7-2-1-3-8-16/h1-8,11,13H,9-10,12H2,(H,18,21). The van der Waals surface area contributed by atoms with E-state index in [1.807, 2.05) is 0 Å². The molecule has 9 heteroatoms. The Hall–Kier alpha value is -2.94. The lowest BCUT2D eigenvalue weighted by molar-refractivity contribution is -0.384. The van der Waals surface area contributed by atoms with E-state index in [4.69, 9.17) is 0 Å². The maximum absolute atomic E-state index is 13.0. The maximum Gasteiger partial charge on any atom is 0.271 e. The second-order valence-electron chi connectivity index (χ2n) is 5.94. The Kier molecular flexibility index (Phi) is 4.90. The molecule has 26 heavy (non-hydrogen) atoms. The van der Waals surface area contributed by atoms with Gasteiger partial charge in [0, 0.05) is 18.2 Å². The molecule has 0 bridgehead atoms. The summed E-state index contributed by atoms with van der Waals surface area (Å²) >= 11 is 0. The number of rotatable bonds is 7. The molecule has 1 amide bonds. The van der Waals surface area contributed by atoms with Gasteiger partial charge < -0.3 is 5.32 Å². The first-order valence-electron chi connectivity index (χ1n) is 7.99. The molecule has 0 unspecified atom stereocenters. The van der Waals surface area contributed by atoms with Gasteiger partial charge in [-0.3, -0.25) is 19.2 Å². The molecule has 1 fully saturated rings. The first-order valence-corrected chi connectivity index (χ1v) is 9.43. The fourth-order valence-corrected chi connectivity index (χ4v) is 3.86. The van der Waals surface area contributed by atoms with E-state index in [0.29, 0.717) is 0 Å². The van der Waals surface area contributed by atoms with Gasteiger partial charge in [-0.05, 0) is 31.0 Å². The zero-order valence-electron chi connectivity index (χ0n) is 13.7. The molecule has 8 nitrogen and oxygen atoms in total. The summed E-state index contributed by atoms with van der Waals surface area (Å²) in [5.41, 5.74) is -0.188. The van der Waals surface area contributed by atoms with Crippen molar-refractivity contribution in [2.24, 2.45) is 0 Å². The molecule has 136 valence electrons. The van der Waals surface area contributed by atoms with Crippen LogP contribution < -0.4 is 9.62 Å². The minimum Gasteiger partial charge on any atom is -0.352 e. The summed E-state index contributed by atoms with van der Waals surface area (Å²) in [6.45, 7) is -0.450. The number of carbonyl (C=O) groups is 1. The zero-order valence-corrected chi connectivity index (χ0v) is 14.6. The SMILES string of the molecule is O=C(CN(c1cccc([N+](=O)[O-])c1)S(=O)(=O)c1ccccc1)NC1CC1. The normalized spacial score (nSPS) is 13.8. The van der Waals surface area contributed by atoms with Gasteiger partial charge in [0.2, 0.25) is 5.91 Å². The zero-order chi connectivity index (χ0) is 18.7. The molecule has 0 atom stereocenters. The molecule has 2 aromatic rings. The Bertz CT molecular complexity index is 926. The molecule has 1 saturated carbocycles. The summed E-state index contributed by atoms with van der Waals surface area (Å²) < 4.78 is 26.9. The van der Waals surface area contributed by atoms with E-state index in [-0.39, 0.29) is 22.3 Å². The van der Waals surface area contributed by atoms with E-state index in [0.717, 1.165) is 23.2 Å². The van der Waals surface area contributed by atoms with Gasteiger partial charge in [-0.25, -0.2) is 8.42 Å². The summed E-state index contributed by atoms with van der Waals surface area (Å²) in [6.07, 6.45) is 1.74. The van der Waals surface area contributed by atoms with E-state index in [2.05, 4.69) is 5.32 Å². The Morgan fingerprint density at radius 2 is 1.85 bits per heavy atom. The molecule has 0 aliphatic heterocycles. The number of nitro groups is 1. The summed E-state index contributed by atoms with van der Waals surface area (Å²) in [5.74, 6) is -0.446. The molecule has 1 aliphatic carbocycles. The number of carbonyl (C=O) groups excluding carboxylic acids is 1. The van der Waals surface area contributed by atoms with Gasteiger partial charge in [0.25, 0.3) is 15.7 Å². The summed E-state index contributed by atoms with van der Waals surface area (Å²) in [6, 6.07) is 13.0. The van der Waals surface area contributed by atoms with E-state index in [1.165, 1.54) is 30.3 Å². The highest BCUT2D eigenvalue weighted by Crippen LogP contribution is 2.27. The van der Waals surface area contributed by atoms with Crippen molar-refractivity contribution in [1.82, 2.24) is 5.32 Å². The molecule has 0 radical (unpaired) electrons. The minimum atomic E-state index is -4.06. The number of hydrogen-bond donors (Lipinski definition) is 1. The first-order chi connectivity index (χ1) is 12.4. The minimum absolute atomic E-state index is 0.00530. The molecule has 1 N–H and O–H groups in total. The lowest BCUT2D eigenvalue weighted by Gasteiger charge is -2.24. The van der Waals surface area contributed by atoms with Gasteiger partial charge in [0.15, 0.2) is 0 Å². The first kappa shape index (κ1) is 17.9. The Morgan fingerprint density at radius 3 is 2.46 bits per heavy atom. The van der Waals surface area contributed by atoms with Crippen LogP contribution >= 0.6 is 0 Å². The van der Waals surface area contributed by atoms with Crippen molar-refractivity contribution in [1.29, 1.82) is 0 Å². The van der Waals surface area contributed by atoms with Crippen LogP contribution in [0.15, 0.2) is 59.5 Å². The van der Waals surface area contributed by atoms with Crippen LogP contribution in [0.2, 0.25) is 0 Å². The number of non-ortho nitro benzene ring substituents is 1. The van der Waals surface area contributed by atoms with Crippen molar-refractivity contribution in [3.63, 3.8) is 0 Å².